The molecule has 10 heteroatoms. The molecular weight excluding hydrogens is 387 g/mol. The van der Waals surface area contributed by atoms with E-state index >= 15 is 0 Å². The third kappa shape index (κ3) is 3.38. The minimum atomic E-state index is -4.12. The maximum atomic E-state index is 13.5. The lowest BCUT2D eigenvalue weighted by Crippen LogP contribution is -2.41. The zero-order valence-corrected chi connectivity index (χ0v) is 13.3. The molecule has 0 spiro atoms. The Morgan fingerprint density at radius 3 is 2.64 bits per heavy atom. The third-order valence-electron chi connectivity index (χ3n) is 2.76. The van der Waals surface area contributed by atoms with Gasteiger partial charge in [-0.1, -0.05) is 4.98 Å². The van der Waals surface area contributed by atoms with Crippen molar-refractivity contribution >= 4 is 31.7 Å². The fraction of sp³-hybridized carbons (Fsp3) is 0.167. The summed E-state index contributed by atoms with van der Waals surface area (Å²) in [6.45, 7) is 0. The molecule has 0 bridgehead atoms. The molecule has 0 saturated heterocycles. The van der Waals surface area contributed by atoms with E-state index < -0.39 is 38.4 Å². The van der Waals surface area contributed by atoms with Crippen molar-refractivity contribution in [2.75, 3.05) is 5.73 Å². The van der Waals surface area contributed by atoms with Gasteiger partial charge in [0.15, 0.2) is 5.88 Å². The van der Waals surface area contributed by atoms with Gasteiger partial charge in [0.2, 0.25) is 9.84 Å². The second kappa shape index (κ2) is 6.21. The lowest BCUT2D eigenvalue weighted by molar-refractivity contribution is -0.665. The number of anilines is 1. The van der Waals surface area contributed by atoms with Crippen molar-refractivity contribution < 1.29 is 26.2 Å². The summed E-state index contributed by atoms with van der Waals surface area (Å²) < 4.78 is 64.6. The van der Waals surface area contributed by atoms with E-state index in [0.717, 1.165) is 4.57 Å². The highest BCUT2D eigenvalue weighted by Gasteiger charge is 2.26. The summed E-state index contributed by atoms with van der Waals surface area (Å²) in [5.74, 6) is -1.80. The predicted octanol–water partition coefficient (Wildman–Crippen LogP) is 2.22. The first-order chi connectivity index (χ1) is 10.2. The predicted molar refractivity (Wildman–Crippen MR) is 75.1 cm³/mol. The zero-order chi connectivity index (χ0) is 16.5. The number of rotatable bonds is 4. The van der Waals surface area contributed by atoms with Gasteiger partial charge < -0.3 is 0 Å². The monoisotopic (exact) mass is 396 g/mol. The molecule has 0 saturated carbocycles. The minimum absolute atomic E-state index is 0.0762. The summed E-state index contributed by atoms with van der Waals surface area (Å²) in [5, 5.41) is 0. The molecule has 0 radical (unpaired) electrons. The summed E-state index contributed by atoms with van der Waals surface area (Å²) in [5.41, 5.74) is 4.80. The lowest BCUT2D eigenvalue weighted by atomic mass is 10.2. The number of sulfone groups is 1. The number of hydrogen-bond acceptors (Lipinski definition) is 4. The van der Waals surface area contributed by atoms with Crippen LogP contribution in [-0.2, 0) is 15.7 Å². The molecule has 0 atom stereocenters. The number of aromatic nitrogens is 2. The van der Waals surface area contributed by atoms with Crippen LogP contribution in [0, 0.1) is 5.82 Å². The number of nitrogens with two attached hydrogens (primary N) is 1. The van der Waals surface area contributed by atoms with Crippen LogP contribution in [0.5, 0.6) is 0 Å². The van der Waals surface area contributed by atoms with Crippen LogP contribution < -0.4 is 10.3 Å². The Morgan fingerprint density at radius 2 is 2.05 bits per heavy atom. The average molecular weight is 397 g/mol. The van der Waals surface area contributed by atoms with Gasteiger partial charge in [0.25, 0.3) is 6.43 Å². The highest BCUT2D eigenvalue weighted by atomic mass is 79.9. The molecule has 0 amide bonds. The van der Waals surface area contributed by atoms with E-state index in [1.807, 2.05) is 0 Å². The summed E-state index contributed by atoms with van der Waals surface area (Å²) >= 11 is 2.80. The molecule has 0 aliphatic heterocycles. The van der Waals surface area contributed by atoms with Crippen LogP contribution in [0.1, 0.15) is 12.0 Å². The number of nitrogen functional groups attached to an aromatic ring is 1. The Bertz CT molecular complexity index is 815. The summed E-state index contributed by atoms with van der Waals surface area (Å²) in [6, 6.07) is 2.72. The molecule has 5 nitrogen and oxygen atoms in total. The normalized spacial score (nSPS) is 11.9. The van der Waals surface area contributed by atoms with Crippen LogP contribution in [0.4, 0.5) is 19.1 Å². The van der Waals surface area contributed by atoms with Crippen LogP contribution in [0.2, 0.25) is 0 Å². The molecule has 2 rings (SSSR count). The highest BCUT2D eigenvalue weighted by Crippen LogP contribution is 2.34. The van der Waals surface area contributed by atoms with Crippen LogP contribution in [0.3, 0.4) is 0 Å². The molecule has 0 unspecified atom stereocenters. The lowest BCUT2D eigenvalue weighted by Gasteiger charge is -2.11. The Kier molecular flexibility index (Phi) is 4.71. The fourth-order valence-electron chi connectivity index (χ4n) is 1.74. The molecule has 1 aromatic heterocycles. The average Bonchev–Trinajstić information content (AvgIpc) is 2.43. The first-order valence-corrected chi connectivity index (χ1v) is 8.26. The molecule has 118 valence electrons. The van der Waals surface area contributed by atoms with Gasteiger partial charge in [0, 0.05) is 16.1 Å². The van der Waals surface area contributed by atoms with E-state index in [1.165, 1.54) is 18.5 Å². The summed E-state index contributed by atoms with van der Waals surface area (Å²) in [7, 11) is -4.12. The number of benzene rings is 1. The minimum Gasteiger partial charge on any atom is -0.287 e. The maximum Gasteiger partial charge on any atom is 0.390 e. The molecule has 2 N–H and O–H groups in total. The van der Waals surface area contributed by atoms with Crippen molar-refractivity contribution in [3.63, 3.8) is 0 Å². The Hall–Kier alpha value is -1.68. The van der Waals surface area contributed by atoms with Gasteiger partial charge in [-0.05, 0) is 28.1 Å². The van der Waals surface area contributed by atoms with E-state index in [1.54, 1.807) is 0 Å². The SMILES string of the molecule is Nc1nccc[n+]1CS(=O)(=O)c1cc(F)cc(C(F)F)c1Br. The molecule has 0 aliphatic rings. The standard InChI is InChI=1S/C12H9BrF3N3O2S/c13-10-8(11(15)16)4-7(14)5-9(10)22(20,21)6-19-3-1-2-18-12(19)17/h1-5,11,17H,6H2/p+1. The quantitative estimate of drug-likeness (QED) is 0.803. The molecule has 0 aliphatic carbocycles. The van der Waals surface area contributed by atoms with Crippen LogP contribution >= 0.6 is 15.9 Å². The van der Waals surface area contributed by atoms with Gasteiger partial charge in [0.05, 0.1) is 11.1 Å². The Labute approximate surface area is 132 Å². The zero-order valence-electron chi connectivity index (χ0n) is 10.9. The second-order valence-corrected chi connectivity index (χ2v) is 7.02. The van der Waals surface area contributed by atoms with Crippen molar-refractivity contribution in [3.05, 3.63) is 46.4 Å². The molecular formula is C12H10BrF3N3O2S+. The smallest absolute Gasteiger partial charge is 0.287 e. The highest BCUT2D eigenvalue weighted by molar-refractivity contribution is 9.10. The van der Waals surface area contributed by atoms with Gasteiger partial charge in [-0.25, -0.2) is 26.2 Å². The largest absolute Gasteiger partial charge is 0.390 e. The molecule has 1 heterocycles. The van der Waals surface area contributed by atoms with E-state index in [4.69, 9.17) is 5.73 Å². The van der Waals surface area contributed by atoms with E-state index in [-0.39, 0.29) is 10.4 Å². The Balaban J connectivity index is 2.53. The number of hydrogen-bond donors (Lipinski definition) is 1. The number of alkyl halides is 2. The first kappa shape index (κ1) is 16.7. The van der Waals surface area contributed by atoms with Crippen LogP contribution in [0.25, 0.3) is 0 Å². The molecule has 1 aromatic carbocycles. The van der Waals surface area contributed by atoms with Gasteiger partial charge in [-0.2, -0.15) is 0 Å². The van der Waals surface area contributed by atoms with Crippen LogP contribution in [-0.4, -0.2) is 13.4 Å². The third-order valence-corrected chi connectivity index (χ3v) is 5.52. The van der Waals surface area contributed by atoms with Crippen molar-refractivity contribution in [1.82, 2.24) is 4.98 Å². The van der Waals surface area contributed by atoms with Crippen molar-refractivity contribution in [3.8, 4) is 0 Å². The fourth-order valence-corrected chi connectivity index (χ4v) is 4.29. The number of halogens is 4. The summed E-state index contributed by atoms with van der Waals surface area (Å²) in [6.07, 6.45) is -0.290. The van der Waals surface area contributed by atoms with E-state index in [9.17, 15) is 21.6 Å². The van der Waals surface area contributed by atoms with E-state index in [2.05, 4.69) is 20.9 Å². The maximum absolute atomic E-state index is 13.5. The Morgan fingerprint density at radius 1 is 1.36 bits per heavy atom. The molecule has 0 fully saturated rings. The van der Waals surface area contributed by atoms with Crippen molar-refractivity contribution in [2.45, 2.75) is 17.2 Å². The van der Waals surface area contributed by atoms with Gasteiger partial charge >= 0.3 is 5.95 Å². The van der Waals surface area contributed by atoms with Crippen LogP contribution in [0.15, 0.2) is 40.0 Å². The van der Waals surface area contributed by atoms with Gasteiger partial charge in [0.1, 0.15) is 12.0 Å². The van der Waals surface area contributed by atoms with Gasteiger partial charge in [-0.3, -0.25) is 5.73 Å². The van der Waals surface area contributed by atoms with E-state index in [0.29, 0.717) is 12.1 Å². The number of nitrogens with zero attached hydrogens (tertiary/aromatic N) is 2. The topological polar surface area (TPSA) is 76.9 Å². The second-order valence-electron chi connectivity index (χ2n) is 4.30. The molecule has 2 aromatic rings. The summed E-state index contributed by atoms with van der Waals surface area (Å²) in [4.78, 5) is 3.14. The molecule has 22 heavy (non-hydrogen) atoms. The van der Waals surface area contributed by atoms with Crippen molar-refractivity contribution in [1.29, 1.82) is 0 Å². The van der Waals surface area contributed by atoms with Gasteiger partial charge in [-0.15, -0.1) is 0 Å². The first-order valence-electron chi connectivity index (χ1n) is 5.82. The van der Waals surface area contributed by atoms with Crippen molar-refractivity contribution in [2.24, 2.45) is 0 Å².